The molecule has 2 aromatic rings. The molecule has 0 saturated heterocycles. The smallest absolute Gasteiger partial charge is 0.165 e. The lowest BCUT2D eigenvalue weighted by Crippen LogP contribution is -2.14. The lowest BCUT2D eigenvalue weighted by Gasteiger charge is -2.05. The number of nitrogens with one attached hydrogen (secondary N) is 1. The lowest BCUT2D eigenvalue weighted by molar-refractivity contribution is 0.258. The summed E-state index contributed by atoms with van der Waals surface area (Å²) in [6, 6.07) is 7.21. The van der Waals surface area contributed by atoms with Crippen LogP contribution < -0.4 is 10.1 Å². The molecule has 0 atom stereocenters. The maximum absolute atomic E-state index is 13.5. The van der Waals surface area contributed by atoms with Crippen molar-refractivity contribution >= 4 is 15.9 Å². The molecule has 1 saturated carbocycles. The van der Waals surface area contributed by atoms with Crippen LogP contribution in [0.25, 0.3) is 0 Å². The summed E-state index contributed by atoms with van der Waals surface area (Å²) in [6.07, 6.45) is 4.23. The average Bonchev–Trinajstić information content (AvgIpc) is 3.16. The molecule has 106 valence electrons. The van der Waals surface area contributed by atoms with E-state index in [9.17, 15) is 4.39 Å². The Labute approximate surface area is 125 Å². The summed E-state index contributed by atoms with van der Waals surface area (Å²) in [5, 5.41) is 3.41. The molecule has 0 bridgehead atoms. The van der Waals surface area contributed by atoms with Gasteiger partial charge >= 0.3 is 0 Å². The first-order valence-electron chi connectivity index (χ1n) is 6.58. The molecule has 1 aromatic carbocycles. The van der Waals surface area contributed by atoms with Gasteiger partial charge in [0.2, 0.25) is 0 Å². The van der Waals surface area contributed by atoms with Gasteiger partial charge in [0.1, 0.15) is 12.4 Å². The molecule has 1 aliphatic rings. The Morgan fingerprint density at radius 1 is 1.35 bits per heavy atom. The highest BCUT2D eigenvalue weighted by Gasteiger charge is 2.20. The second-order valence-electron chi connectivity index (χ2n) is 4.94. The summed E-state index contributed by atoms with van der Waals surface area (Å²) in [4.78, 5) is 0. The van der Waals surface area contributed by atoms with Gasteiger partial charge in [-0.3, -0.25) is 0 Å². The Hall–Kier alpha value is -1.33. The number of ether oxygens (including phenoxy) is 1. The zero-order valence-corrected chi connectivity index (χ0v) is 12.5. The van der Waals surface area contributed by atoms with E-state index in [-0.39, 0.29) is 18.2 Å². The summed E-state index contributed by atoms with van der Waals surface area (Å²) >= 11 is 3.29. The zero-order chi connectivity index (χ0) is 13.9. The van der Waals surface area contributed by atoms with Crippen molar-refractivity contribution in [1.82, 2.24) is 5.32 Å². The molecule has 5 heteroatoms. The van der Waals surface area contributed by atoms with Crippen molar-refractivity contribution in [1.29, 1.82) is 0 Å². The first kappa shape index (κ1) is 13.6. The molecular formula is C15H15BrFNO2. The maximum atomic E-state index is 13.5. The summed E-state index contributed by atoms with van der Waals surface area (Å²) in [7, 11) is 0. The second-order valence-corrected chi connectivity index (χ2v) is 5.86. The van der Waals surface area contributed by atoms with Crippen molar-refractivity contribution in [3.63, 3.8) is 0 Å². The van der Waals surface area contributed by atoms with E-state index in [1.807, 2.05) is 6.07 Å². The molecule has 1 N–H and O–H groups in total. The molecular weight excluding hydrogens is 325 g/mol. The van der Waals surface area contributed by atoms with Crippen LogP contribution in [0.2, 0.25) is 0 Å². The van der Waals surface area contributed by atoms with Gasteiger partial charge in [0.25, 0.3) is 0 Å². The van der Waals surface area contributed by atoms with Crippen LogP contribution in [0.15, 0.2) is 39.4 Å². The molecule has 0 unspecified atom stereocenters. The predicted molar refractivity (Wildman–Crippen MR) is 77.0 cm³/mol. The standard InChI is InChI=1S/C15H15BrFNO2/c16-11-1-4-14(17)15(6-11)20-9-13-5-10(8-19-13)7-18-12-2-3-12/h1,4-6,8,12,18H,2-3,7,9H2. The van der Waals surface area contributed by atoms with Gasteiger partial charge in [-0.1, -0.05) is 15.9 Å². The third-order valence-electron chi connectivity index (χ3n) is 3.14. The molecule has 0 spiro atoms. The predicted octanol–water partition coefficient (Wildman–Crippen LogP) is 4.01. The molecule has 3 nitrogen and oxygen atoms in total. The normalized spacial score (nSPS) is 14.5. The first-order chi connectivity index (χ1) is 9.70. The highest BCUT2D eigenvalue weighted by atomic mass is 79.9. The number of benzene rings is 1. The van der Waals surface area contributed by atoms with Crippen molar-refractivity contribution in [2.45, 2.75) is 32.0 Å². The van der Waals surface area contributed by atoms with Gasteiger partial charge in [0.05, 0.1) is 6.26 Å². The van der Waals surface area contributed by atoms with Gasteiger partial charge in [0, 0.05) is 22.6 Å². The highest BCUT2D eigenvalue weighted by molar-refractivity contribution is 9.10. The first-order valence-corrected chi connectivity index (χ1v) is 7.37. The molecule has 0 amide bonds. The third kappa shape index (κ3) is 3.61. The molecule has 20 heavy (non-hydrogen) atoms. The van der Waals surface area contributed by atoms with Crippen molar-refractivity contribution in [3.8, 4) is 5.75 Å². The van der Waals surface area contributed by atoms with E-state index in [1.54, 1.807) is 18.4 Å². The summed E-state index contributed by atoms with van der Waals surface area (Å²) in [5.74, 6) is 0.529. The molecule has 3 rings (SSSR count). The van der Waals surface area contributed by atoms with Crippen molar-refractivity contribution in [2.24, 2.45) is 0 Å². The van der Waals surface area contributed by atoms with Crippen LogP contribution in [0.4, 0.5) is 4.39 Å². The highest BCUT2D eigenvalue weighted by Crippen LogP contribution is 2.24. The Morgan fingerprint density at radius 3 is 3.00 bits per heavy atom. The van der Waals surface area contributed by atoms with Crippen LogP contribution in [0.1, 0.15) is 24.2 Å². The van der Waals surface area contributed by atoms with Crippen molar-refractivity contribution in [3.05, 3.63) is 52.1 Å². The van der Waals surface area contributed by atoms with Gasteiger partial charge in [-0.25, -0.2) is 4.39 Å². The largest absolute Gasteiger partial charge is 0.483 e. The minimum Gasteiger partial charge on any atom is -0.483 e. The number of hydrogen-bond donors (Lipinski definition) is 1. The van der Waals surface area contributed by atoms with E-state index >= 15 is 0 Å². The van der Waals surface area contributed by atoms with Crippen LogP contribution in [-0.4, -0.2) is 6.04 Å². The van der Waals surface area contributed by atoms with Gasteiger partial charge in [-0.2, -0.15) is 0 Å². The number of halogens is 2. The third-order valence-corrected chi connectivity index (χ3v) is 3.64. The van der Waals surface area contributed by atoms with Gasteiger partial charge < -0.3 is 14.5 Å². The Kier molecular flexibility index (Phi) is 4.08. The zero-order valence-electron chi connectivity index (χ0n) is 10.9. The average molecular weight is 340 g/mol. The minimum atomic E-state index is -0.379. The van der Waals surface area contributed by atoms with Crippen LogP contribution in [0, 0.1) is 5.82 Å². The molecule has 0 radical (unpaired) electrons. The molecule has 1 aromatic heterocycles. The van der Waals surface area contributed by atoms with Crippen LogP contribution in [-0.2, 0) is 13.2 Å². The quantitative estimate of drug-likeness (QED) is 0.863. The van der Waals surface area contributed by atoms with Crippen molar-refractivity contribution in [2.75, 3.05) is 0 Å². The van der Waals surface area contributed by atoms with Crippen LogP contribution in [0.5, 0.6) is 5.75 Å². The van der Waals surface area contributed by atoms with E-state index < -0.39 is 0 Å². The van der Waals surface area contributed by atoms with Crippen molar-refractivity contribution < 1.29 is 13.5 Å². The summed E-state index contributed by atoms with van der Waals surface area (Å²) in [5.41, 5.74) is 1.09. The molecule has 1 fully saturated rings. The van der Waals surface area contributed by atoms with E-state index in [0.717, 1.165) is 16.6 Å². The van der Waals surface area contributed by atoms with E-state index in [4.69, 9.17) is 9.15 Å². The van der Waals surface area contributed by atoms with Gasteiger partial charge in [-0.15, -0.1) is 0 Å². The number of hydrogen-bond acceptors (Lipinski definition) is 3. The summed E-state index contributed by atoms with van der Waals surface area (Å²) in [6.45, 7) is 1.02. The fourth-order valence-electron chi connectivity index (χ4n) is 1.88. The monoisotopic (exact) mass is 339 g/mol. The SMILES string of the molecule is Fc1ccc(Br)cc1OCc1cc(CNC2CC2)co1. The Bertz CT molecular complexity index is 595. The van der Waals surface area contributed by atoms with E-state index in [2.05, 4.69) is 21.2 Å². The van der Waals surface area contributed by atoms with E-state index in [1.165, 1.54) is 18.9 Å². The summed E-state index contributed by atoms with van der Waals surface area (Å²) < 4.78 is 25.1. The Balaban J connectivity index is 1.55. The molecule has 1 aliphatic carbocycles. The number of furan rings is 1. The maximum Gasteiger partial charge on any atom is 0.165 e. The van der Waals surface area contributed by atoms with E-state index in [0.29, 0.717) is 11.8 Å². The van der Waals surface area contributed by atoms with Crippen LogP contribution >= 0.6 is 15.9 Å². The number of rotatable bonds is 6. The topological polar surface area (TPSA) is 34.4 Å². The van der Waals surface area contributed by atoms with Gasteiger partial charge in [0.15, 0.2) is 11.6 Å². The molecule has 0 aliphatic heterocycles. The fraction of sp³-hybridized carbons (Fsp3) is 0.333. The second kappa shape index (κ2) is 5.97. The molecule has 1 heterocycles. The van der Waals surface area contributed by atoms with Crippen LogP contribution in [0.3, 0.4) is 0 Å². The minimum absolute atomic E-state index is 0.216. The Morgan fingerprint density at radius 2 is 2.20 bits per heavy atom. The lowest BCUT2D eigenvalue weighted by atomic mass is 10.3. The fourth-order valence-corrected chi connectivity index (χ4v) is 2.22. The van der Waals surface area contributed by atoms with Gasteiger partial charge in [-0.05, 0) is 37.1 Å².